The second kappa shape index (κ2) is 18.0. The molecule has 1 saturated heterocycles. The van der Waals surface area contributed by atoms with E-state index in [1.807, 2.05) is 30.3 Å². The molecule has 1 aliphatic heterocycles. The van der Waals surface area contributed by atoms with Gasteiger partial charge in [-0.3, -0.25) is 19.2 Å². The molecule has 0 aromatic heterocycles. The molecule has 2 N–H and O–H groups in total. The van der Waals surface area contributed by atoms with Crippen LogP contribution in [0.5, 0.6) is 0 Å². The highest BCUT2D eigenvalue weighted by Gasteiger charge is 2.64. The van der Waals surface area contributed by atoms with Gasteiger partial charge in [0.25, 0.3) is 0 Å². The molecule has 0 spiro atoms. The number of rotatable bonds is 16. The Balaban J connectivity index is 1.25. The van der Waals surface area contributed by atoms with Crippen molar-refractivity contribution in [1.82, 2.24) is 15.1 Å². The molecule has 2 aromatic carbocycles. The van der Waals surface area contributed by atoms with Crippen LogP contribution in [-0.4, -0.2) is 114 Å². The smallest absolute Gasteiger partial charge is 0.339 e. The van der Waals surface area contributed by atoms with Crippen molar-refractivity contribution in [2.75, 3.05) is 27.7 Å². The summed E-state index contributed by atoms with van der Waals surface area (Å²) in [5, 5.41) is 13.1. The number of amides is 3. The highest BCUT2D eigenvalue weighted by molar-refractivity contribution is 5.98. The first kappa shape index (κ1) is 42.7. The van der Waals surface area contributed by atoms with Gasteiger partial charge in [-0.25, -0.2) is 4.79 Å². The molecule has 3 amide bonds. The number of benzene rings is 2. The predicted molar refractivity (Wildman–Crippen MR) is 215 cm³/mol. The van der Waals surface area contributed by atoms with Gasteiger partial charge in [-0.05, 0) is 82.2 Å². The number of carbonyl (C=O) groups excluding carboxylic acids is 5. The summed E-state index contributed by atoms with van der Waals surface area (Å²) in [6.45, 7) is 4.88. The minimum absolute atomic E-state index is 0.0107. The number of nitrogens with one attached hydrogen (secondary N) is 1. The zero-order chi connectivity index (χ0) is 41.8. The Morgan fingerprint density at radius 3 is 2.22 bits per heavy atom. The van der Waals surface area contributed by atoms with E-state index < -0.39 is 72.1 Å². The predicted octanol–water partition coefficient (Wildman–Crippen LogP) is 4.61. The van der Waals surface area contributed by atoms with Crippen molar-refractivity contribution in [1.29, 1.82) is 0 Å². The average molecular weight is 800 g/mol. The maximum Gasteiger partial charge on any atom is 0.339 e. The van der Waals surface area contributed by atoms with E-state index in [1.54, 1.807) is 78.3 Å². The first-order valence-electron chi connectivity index (χ1n) is 20.3. The van der Waals surface area contributed by atoms with Gasteiger partial charge in [-0.1, -0.05) is 48.5 Å². The van der Waals surface area contributed by atoms with Crippen LogP contribution in [0.2, 0.25) is 0 Å². The highest BCUT2D eigenvalue weighted by Crippen LogP contribution is 2.59. The molecule has 312 valence electrons. The summed E-state index contributed by atoms with van der Waals surface area (Å²) in [5.74, 6) is -2.66. The normalized spacial score (nSPS) is 22.3. The van der Waals surface area contributed by atoms with Gasteiger partial charge in [0, 0.05) is 63.9 Å². The van der Waals surface area contributed by atoms with Crippen LogP contribution in [0.3, 0.4) is 0 Å². The Bertz CT molecular complexity index is 1880. The van der Waals surface area contributed by atoms with Crippen LogP contribution in [-0.2, 0) is 44.5 Å². The van der Waals surface area contributed by atoms with Crippen LogP contribution < -0.4 is 5.32 Å². The number of fused-ring (bicyclic) bond motifs is 1. The zero-order valence-corrected chi connectivity index (χ0v) is 34.3. The Hall–Kier alpha value is -4.85. The van der Waals surface area contributed by atoms with Crippen molar-refractivity contribution in [3.8, 4) is 0 Å². The van der Waals surface area contributed by atoms with Gasteiger partial charge < -0.3 is 39.2 Å². The number of carbonyl (C=O) groups is 5. The largest absolute Gasteiger partial charge is 0.460 e. The molecule has 4 aliphatic rings. The summed E-state index contributed by atoms with van der Waals surface area (Å²) >= 11 is 0. The first-order valence-corrected chi connectivity index (χ1v) is 20.3. The Labute approximate surface area is 340 Å². The molecule has 1 heterocycles. The van der Waals surface area contributed by atoms with Crippen molar-refractivity contribution in [2.45, 2.75) is 114 Å². The van der Waals surface area contributed by atoms with Crippen LogP contribution in [0.4, 0.5) is 0 Å². The number of hydrogen-bond donors (Lipinski definition) is 2. The van der Waals surface area contributed by atoms with Gasteiger partial charge in [0.15, 0.2) is 5.79 Å². The number of likely N-dealkylation sites (N-methyl/N-ethyl adjacent to an activating group) is 2. The van der Waals surface area contributed by atoms with Crippen LogP contribution in [0.15, 0.2) is 72.3 Å². The van der Waals surface area contributed by atoms with Crippen LogP contribution in [0, 0.1) is 11.8 Å². The third-order valence-corrected chi connectivity index (χ3v) is 11.0. The SMILES string of the molecule is CN(C)C(=O)C=Cc1ccccc1C(=O)OC1CC(C(=O)N(C)C(Cc2ccccc2)C(=O)NC(CO)CCC(=O)OC(C)(C)C)=CC2OC(C3CC3)(C3CC3)OC21. The van der Waals surface area contributed by atoms with E-state index in [9.17, 15) is 29.1 Å². The second-order valence-corrected chi connectivity index (χ2v) is 17.1. The van der Waals surface area contributed by atoms with Crippen molar-refractivity contribution < 1.29 is 48.0 Å². The Morgan fingerprint density at radius 2 is 1.60 bits per heavy atom. The second-order valence-electron chi connectivity index (χ2n) is 17.1. The Morgan fingerprint density at radius 1 is 0.948 bits per heavy atom. The molecule has 6 rings (SSSR count). The minimum atomic E-state index is -1.01. The monoisotopic (exact) mass is 799 g/mol. The van der Waals surface area contributed by atoms with Crippen molar-refractivity contribution in [2.24, 2.45) is 11.8 Å². The van der Waals surface area contributed by atoms with Gasteiger partial charge in [0.1, 0.15) is 30.0 Å². The van der Waals surface area contributed by atoms with E-state index in [4.69, 9.17) is 18.9 Å². The fourth-order valence-electron chi connectivity index (χ4n) is 7.70. The quantitative estimate of drug-likeness (QED) is 0.181. The lowest BCUT2D eigenvalue weighted by Gasteiger charge is -2.34. The topological polar surface area (TPSA) is 161 Å². The number of aliphatic hydroxyl groups is 1. The molecule has 13 heteroatoms. The van der Waals surface area contributed by atoms with Gasteiger partial charge in [0.2, 0.25) is 17.7 Å². The molecular formula is C45H57N3O10. The van der Waals surface area contributed by atoms with Gasteiger partial charge >= 0.3 is 11.9 Å². The molecular weight excluding hydrogens is 743 g/mol. The highest BCUT2D eigenvalue weighted by atomic mass is 16.8. The standard InChI is InChI=1S/C45H57N3O10/c1-44(2,3)57-39(51)23-21-33(27-49)46-41(52)35(24-28-12-8-7-9-13-28)48(6)42(53)30-25-36(40-37(26-30)56-45(58-40,31-17-18-31)32-19-20-32)55-43(54)34-15-11-10-14-29(34)16-22-38(50)47(4)5/h7-16,22,26,31-33,35-37,40,49H,17-21,23-25,27H2,1-6H3,(H,46,52). The van der Waals surface area contributed by atoms with E-state index in [-0.39, 0.29) is 49.0 Å². The van der Waals surface area contributed by atoms with Crippen molar-refractivity contribution in [3.05, 3.63) is 89.0 Å². The summed E-state index contributed by atoms with van der Waals surface area (Å²) in [7, 11) is 4.83. The van der Waals surface area contributed by atoms with Crippen LogP contribution in [0.25, 0.3) is 6.08 Å². The third kappa shape index (κ3) is 10.4. The summed E-state index contributed by atoms with van der Waals surface area (Å²) in [4.78, 5) is 70.3. The van der Waals surface area contributed by atoms with E-state index in [2.05, 4.69) is 5.32 Å². The summed E-state index contributed by atoms with van der Waals surface area (Å²) in [5.41, 5.74) is 1.20. The number of hydrogen-bond acceptors (Lipinski definition) is 10. The molecule has 2 saturated carbocycles. The third-order valence-electron chi connectivity index (χ3n) is 11.0. The van der Waals surface area contributed by atoms with Crippen LogP contribution >= 0.6 is 0 Å². The Kier molecular flexibility index (Phi) is 13.2. The van der Waals surface area contributed by atoms with E-state index >= 15 is 0 Å². The molecule has 58 heavy (non-hydrogen) atoms. The average Bonchev–Trinajstić information content (AvgIpc) is 4.14. The van der Waals surface area contributed by atoms with Crippen molar-refractivity contribution >= 4 is 35.7 Å². The molecule has 2 aromatic rings. The summed E-state index contributed by atoms with van der Waals surface area (Å²) in [6, 6.07) is 14.4. The minimum Gasteiger partial charge on any atom is -0.460 e. The molecule has 5 atom stereocenters. The number of esters is 2. The molecule has 5 unspecified atom stereocenters. The van der Waals surface area contributed by atoms with Gasteiger partial charge in [-0.15, -0.1) is 0 Å². The summed E-state index contributed by atoms with van der Waals surface area (Å²) < 4.78 is 25.3. The molecule has 0 bridgehead atoms. The maximum atomic E-state index is 14.6. The van der Waals surface area contributed by atoms with Gasteiger partial charge in [-0.2, -0.15) is 0 Å². The lowest BCUT2D eigenvalue weighted by atomic mass is 9.90. The van der Waals surface area contributed by atoms with Crippen molar-refractivity contribution in [3.63, 3.8) is 0 Å². The molecule has 3 fully saturated rings. The fraction of sp³-hybridized carbons (Fsp3) is 0.533. The summed E-state index contributed by atoms with van der Waals surface area (Å²) in [6.07, 6.45) is 6.64. The lowest BCUT2D eigenvalue weighted by Crippen LogP contribution is -2.53. The van der Waals surface area contributed by atoms with E-state index in [0.29, 0.717) is 11.1 Å². The maximum absolute atomic E-state index is 14.6. The van der Waals surface area contributed by atoms with E-state index in [0.717, 1.165) is 31.2 Å². The number of aliphatic hydroxyl groups excluding tert-OH is 1. The number of ether oxygens (including phenoxy) is 4. The van der Waals surface area contributed by atoms with E-state index in [1.165, 1.54) is 15.9 Å². The lowest BCUT2D eigenvalue weighted by molar-refractivity contribution is -0.209. The molecule has 13 nitrogen and oxygen atoms in total. The first-order chi connectivity index (χ1) is 27.6. The number of nitrogens with zero attached hydrogens (tertiary/aromatic N) is 2. The zero-order valence-electron chi connectivity index (χ0n) is 34.3. The van der Waals surface area contributed by atoms with Crippen LogP contribution in [0.1, 0.15) is 87.2 Å². The fourth-order valence-corrected chi connectivity index (χ4v) is 7.70. The molecule has 3 aliphatic carbocycles. The van der Waals surface area contributed by atoms with Gasteiger partial charge in [0.05, 0.1) is 18.2 Å². The molecule has 0 radical (unpaired) electrons.